The van der Waals surface area contributed by atoms with Crippen LogP contribution in [0.2, 0.25) is 0 Å². The third-order valence-corrected chi connectivity index (χ3v) is 3.89. The SMILES string of the molecule is Cc1noc(C(C)NC2CC(c3cc(F)cc(F)c3)C2)n1. The molecule has 0 radical (unpaired) electrons. The Labute approximate surface area is 121 Å². The van der Waals surface area contributed by atoms with Crippen LogP contribution in [-0.2, 0) is 0 Å². The molecular formula is C15H17F2N3O. The normalized spacial score (nSPS) is 22.9. The molecule has 21 heavy (non-hydrogen) atoms. The summed E-state index contributed by atoms with van der Waals surface area (Å²) in [5, 5.41) is 7.15. The van der Waals surface area contributed by atoms with Crippen LogP contribution in [0, 0.1) is 18.6 Å². The molecule has 0 bridgehead atoms. The van der Waals surface area contributed by atoms with Crippen molar-refractivity contribution in [2.45, 2.75) is 44.7 Å². The average molecular weight is 293 g/mol. The van der Waals surface area contributed by atoms with Crippen molar-refractivity contribution in [3.05, 3.63) is 47.1 Å². The summed E-state index contributed by atoms with van der Waals surface area (Å²) < 4.78 is 31.5. The fraction of sp³-hybridized carbons (Fsp3) is 0.467. The Hall–Kier alpha value is -1.82. The third kappa shape index (κ3) is 3.10. The van der Waals surface area contributed by atoms with E-state index in [4.69, 9.17) is 4.52 Å². The molecule has 1 heterocycles. The summed E-state index contributed by atoms with van der Waals surface area (Å²) in [6.45, 7) is 3.74. The highest BCUT2D eigenvalue weighted by Crippen LogP contribution is 2.38. The number of benzene rings is 1. The monoisotopic (exact) mass is 293 g/mol. The van der Waals surface area contributed by atoms with E-state index in [1.54, 1.807) is 6.92 Å². The summed E-state index contributed by atoms with van der Waals surface area (Å²) in [4.78, 5) is 4.18. The van der Waals surface area contributed by atoms with Gasteiger partial charge in [-0.1, -0.05) is 5.16 Å². The molecule has 2 aromatic rings. The zero-order chi connectivity index (χ0) is 15.0. The molecule has 1 N–H and O–H groups in total. The highest BCUT2D eigenvalue weighted by molar-refractivity contribution is 5.25. The van der Waals surface area contributed by atoms with Crippen LogP contribution < -0.4 is 5.32 Å². The van der Waals surface area contributed by atoms with Crippen molar-refractivity contribution < 1.29 is 13.3 Å². The maximum Gasteiger partial charge on any atom is 0.243 e. The lowest BCUT2D eigenvalue weighted by molar-refractivity contribution is 0.245. The van der Waals surface area contributed by atoms with E-state index in [-0.39, 0.29) is 12.0 Å². The number of aromatic nitrogens is 2. The second kappa shape index (κ2) is 5.52. The average Bonchev–Trinajstić information content (AvgIpc) is 2.78. The van der Waals surface area contributed by atoms with Gasteiger partial charge in [0.15, 0.2) is 5.82 Å². The fourth-order valence-electron chi connectivity index (χ4n) is 2.75. The van der Waals surface area contributed by atoms with Crippen LogP contribution in [0.5, 0.6) is 0 Å². The Morgan fingerprint density at radius 2 is 1.90 bits per heavy atom. The van der Waals surface area contributed by atoms with Gasteiger partial charge in [-0.2, -0.15) is 4.98 Å². The van der Waals surface area contributed by atoms with E-state index < -0.39 is 11.6 Å². The maximum absolute atomic E-state index is 13.2. The van der Waals surface area contributed by atoms with Gasteiger partial charge in [0.05, 0.1) is 6.04 Å². The van der Waals surface area contributed by atoms with Crippen molar-refractivity contribution in [1.29, 1.82) is 0 Å². The molecule has 4 nitrogen and oxygen atoms in total. The van der Waals surface area contributed by atoms with Gasteiger partial charge in [0, 0.05) is 12.1 Å². The quantitative estimate of drug-likeness (QED) is 0.940. The Morgan fingerprint density at radius 1 is 1.24 bits per heavy atom. The number of halogens is 2. The summed E-state index contributed by atoms with van der Waals surface area (Å²) in [6.07, 6.45) is 1.70. The summed E-state index contributed by atoms with van der Waals surface area (Å²) in [5.41, 5.74) is 0.729. The molecule has 1 aromatic carbocycles. The number of aryl methyl sites for hydroxylation is 1. The molecule has 1 atom stereocenters. The van der Waals surface area contributed by atoms with Crippen LogP contribution in [0.25, 0.3) is 0 Å². The third-order valence-electron chi connectivity index (χ3n) is 3.89. The number of nitrogens with zero attached hydrogens (tertiary/aromatic N) is 2. The second-order valence-electron chi connectivity index (χ2n) is 5.64. The Bertz CT molecular complexity index is 617. The van der Waals surface area contributed by atoms with Crippen LogP contribution in [0.15, 0.2) is 22.7 Å². The molecule has 0 aliphatic heterocycles. The topological polar surface area (TPSA) is 51.0 Å². The number of hydrogen-bond donors (Lipinski definition) is 1. The first-order valence-corrected chi connectivity index (χ1v) is 7.03. The van der Waals surface area contributed by atoms with Gasteiger partial charge in [-0.3, -0.25) is 0 Å². The number of hydrogen-bond acceptors (Lipinski definition) is 4. The lowest BCUT2D eigenvalue weighted by Gasteiger charge is -2.37. The van der Waals surface area contributed by atoms with Gasteiger partial charge in [-0.25, -0.2) is 8.78 Å². The minimum Gasteiger partial charge on any atom is -0.338 e. The fourth-order valence-corrected chi connectivity index (χ4v) is 2.75. The van der Waals surface area contributed by atoms with Gasteiger partial charge >= 0.3 is 0 Å². The number of rotatable bonds is 4. The highest BCUT2D eigenvalue weighted by atomic mass is 19.1. The van der Waals surface area contributed by atoms with Crippen molar-refractivity contribution in [2.24, 2.45) is 0 Å². The summed E-state index contributed by atoms with van der Waals surface area (Å²) in [7, 11) is 0. The smallest absolute Gasteiger partial charge is 0.243 e. The van der Waals surface area contributed by atoms with Crippen molar-refractivity contribution in [1.82, 2.24) is 15.5 Å². The second-order valence-corrected chi connectivity index (χ2v) is 5.64. The molecule has 0 saturated heterocycles. The van der Waals surface area contributed by atoms with E-state index in [2.05, 4.69) is 15.5 Å². The first kappa shape index (κ1) is 14.1. The van der Waals surface area contributed by atoms with Gasteiger partial charge in [0.25, 0.3) is 0 Å². The predicted octanol–water partition coefficient (Wildman–Crippen LogP) is 3.25. The van der Waals surface area contributed by atoms with E-state index in [1.807, 2.05) is 6.92 Å². The summed E-state index contributed by atoms with van der Waals surface area (Å²) >= 11 is 0. The number of nitrogens with one attached hydrogen (secondary N) is 1. The van der Waals surface area contributed by atoms with Gasteiger partial charge in [0.1, 0.15) is 11.6 Å². The first-order chi connectivity index (χ1) is 10.0. The van der Waals surface area contributed by atoms with Crippen molar-refractivity contribution in [2.75, 3.05) is 0 Å². The van der Waals surface area contributed by atoms with E-state index in [9.17, 15) is 8.78 Å². The van der Waals surface area contributed by atoms with Crippen LogP contribution in [0.3, 0.4) is 0 Å². The Morgan fingerprint density at radius 3 is 2.48 bits per heavy atom. The first-order valence-electron chi connectivity index (χ1n) is 7.03. The maximum atomic E-state index is 13.2. The van der Waals surface area contributed by atoms with Crippen LogP contribution >= 0.6 is 0 Å². The Balaban J connectivity index is 1.56. The molecule has 1 saturated carbocycles. The zero-order valence-corrected chi connectivity index (χ0v) is 11.9. The molecule has 3 rings (SSSR count). The largest absolute Gasteiger partial charge is 0.338 e. The van der Waals surface area contributed by atoms with Gasteiger partial charge < -0.3 is 9.84 Å². The van der Waals surface area contributed by atoms with E-state index in [0.717, 1.165) is 24.5 Å². The molecule has 1 aromatic heterocycles. The lowest BCUT2D eigenvalue weighted by atomic mass is 9.75. The van der Waals surface area contributed by atoms with Gasteiger partial charge in [-0.15, -0.1) is 0 Å². The molecule has 1 aliphatic carbocycles. The van der Waals surface area contributed by atoms with Crippen molar-refractivity contribution in [3.63, 3.8) is 0 Å². The van der Waals surface area contributed by atoms with E-state index in [1.165, 1.54) is 12.1 Å². The van der Waals surface area contributed by atoms with Gasteiger partial charge in [0.2, 0.25) is 5.89 Å². The molecule has 0 amide bonds. The molecule has 0 spiro atoms. The summed E-state index contributed by atoms with van der Waals surface area (Å²) in [6, 6.07) is 3.99. The molecule has 1 aliphatic rings. The molecule has 112 valence electrons. The molecule has 6 heteroatoms. The minimum absolute atomic E-state index is 0.0265. The highest BCUT2D eigenvalue weighted by Gasteiger charge is 2.32. The van der Waals surface area contributed by atoms with Gasteiger partial charge in [-0.05, 0) is 50.3 Å². The van der Waals surface area contributed by atoms with Crippen LogP contribution in [0.1, 0.15) is 49.0 Å². The molecule has 1 unspecified atom stereocenters. The molecule has 1 fully saturated rings. The zero-order valence-electron chi connectivity index (χ0n) is 11.9. The lowest BCUT2D eigenvalue weighted by Crippen LogP contribution is -2.41. The summed E-state index contributed by atoms with van der Waals surface area (Å²) in [5.74, 6) is 0.338. The van der Waals surface area contributed by atoms with Crippen molar-refractivity contribution >= 4 is 0 Å². The standard InChI is InChI=1S/C15H17F2N3O/c1-8(15-19-9(2)20-21-15)18-14-5-11(6-14)10-3-12(16)7-13(17)4-10/h3-4,7-8,11,14,18H,5-6H2,1-2H3. The predicted molar refractivity (Wildman–Crippen MR) is 72.7 cm³/mol. The van der Waals surface area contributed by atoms with E-state index >= 15 is 0 Å². The Kier molecular flexibility index (Phi) is 3.71. The van der Waals surface area contributed by atoms with Crippen LogP contribution in [-0.4, -0.2) is 16.2 Å². The van der Waals surface area contributed by atoms with Crippen LogP contribution in [0.4, 0.5) is 8.78 Å². The van der Waals surface area contributed by atoms with E-state index in [0.29, 0.717) is 17.8 Å². The minimum atomic E-state index is -0.517. The molecular weight excluding hydrogens is 276 g/mol. The van der Waals surface area contributed by atoms with Crippen molar-refractivity contribution in [3.8, 4) is 0 Å².